The van der Waals surface area contributed by atoms with Crippen molar-refractivity contribution in [3.63, 3.8) is 0 Å². The highest BCUT2D eigenvalue weighted by Crippen LogP contribution is 2.30. The first-order chi connectivity index (χ1) is 23.8. The number of rotatable bonds is 7. The van der Waals surface area contributed by atoms with Crippen molar-refractivity contribution >= 4 is 5.57 Å². The molecule has 7 aromatic rings. The second kappa shape index (κ2) is 13.1. The average molecular weight is 619 g/mol. The van der Waals surface area contributed by atoms with Crippen LogP contribution in [0.3, 0.4) is 0 Å². The van der Waals surface area contributed by atoms with E-state index in [4.69, 9.17) is 29.9 Å². The molecule has 0 saturated heterocycles. The van der Waals surface area contributed by atoms with Gasteiger partial charge in [-0.15, -0.1) is 0 Å². The third-order valence-corrected chi connectivity index (χ3v) is 8.24. The van der Waals surface area contributed by atoms with Crippen LogP contribution in [0.5, 0.6) is 0 Å². The molecule has 5 aromatic carbocycles. The highest BCUT2D eigenvalue weighted by molar-refractivity contribution is 5.75. The first kappa shape index (κ1) is 29.0. The highest BCUT2D eigenvalue weighted by Gasteiger charge is 2.15. The lowest BCUT2D eigenvalue weighted by Gasteiger charge is -2.11. The monoisotopic (exact) mass is 618 g/mol. The van der Waals surface area contributed by atoms with Crippen LogP contribution in [0, 0.1) is 0 Å². The lowest BCUT2D eigenvalue weighted by molar-refractivity contribution is 1.01. The van der Waals surface area contributed by atoms with Crippen LogP contribution < -0.4 is 0 Å². The molecule has 6 nitrogen and oxygen atoms in total. The van der Waals surface area contributed by atoms with Crippen LogP contribution >= 0.6 is 0 Å². The van der Waals surface area contributed by atoms with E-state index in [1.165, 1.54) is 0 Å². The Hall–Kier alpha value is -6.40. The molecule has 0 spiro atoms. The zero-order valence-corrected chi connectivity index (χ0v) is 26.1. The lowest BCUT2D eigenvalue weighted by atomic mass is 10.0. The first-order valence-corrected chi connectivity index (χ1v) is 16.0. The van der Waals surface area contributed by atoms with Gasteiger partial charge in [-0.05, 0) is 24.0 Å². The average Bonchev–Trinajstić information content (AvgIpc) is 3.19. The molecule has 0 atom stereocenters. The van der Waals surface area contributed by atoms with Crippen LogP contribution in [-0.2, 0) is 0 Å². The maximum Gasteiger partial charge on any atom is 0.164 e. The van der Waals surface area contributed by atoms with Crippen molar-refractivity contribution in [3.05, 3.63) is 164 Å². The van der Waals surface area contributed by atoms with E-state index >= 15 is 0 Å². The minimum Gasteiger partial charge on any atom is -0.208 e. The van der Waals surface area contributed by atoms with Gasteiger partial charge < -0.3 is 0 Å². The van der Waals surface area contributed by atoms with Gasteiger partial charge in [0, 0.05) is 33.4 Å². The number of benzene rings is 5. The zero-order valence-electron chi connectivity index (χ0n) is 26.1. The molecule has 1 aliphatic rings. The summed E-state index contributed by atoms with van der Waals surface area (Å²) in [5.41, 5.74) is 7.92. The number of hydrogen-bond donors (Lipinski definition) is 0. The molecule has 1 aliphatic carbocycles. The van der Waals surface area contributed by atoms with Gasteiger partial charge in [0.2, 0.25) is 0 Å². The summed E-state index contributed by atoms with van der Waals surface area (Å²) in [5.74, 6) is 3.93. The predicted octanol–water partition coefficient (Wildman–Crippen LogP) is 9.79. The highest BCUT2D eigenvalue weighted by atomic mass is 15.0. The van der Waals surface area contributed by atoms with Crippen LogP contribution in [0.2, 0.25) is 0 Å². The molecule has 8 rings (SSSR count). The summed E-state index contributed by atoms with van der Waals surface area (Å²) < 4.78 is 0. The molecule has 228 valence electrons. The van der Waals surface area contributed by atoms with E-state index in [9.17, 15) is 0 Å². The molecule has 2 aromatic heterocycles. The smallest absolute Gasteiger partial charge is 0.164 e. The van der Waals surface area contributed by atoms with Gasteiger partial charge in [-0.1, -0.05) is 158 Å². The van der Waals surface area contributed by atoms with Crippen LogP contribution in [0.4, 0.5) is 0 Å². The van der Waals surface area contributed by atoms with E-state index in [2.05, 4.69) is 66.8 Å². The normalized spacial score (nSPS) is 12.5. The molecule has 0 fully saturated rings. The minimum absolute atomic E-state index is 0.632. The van der Waals surface area contributed by atoms with E-state index in [1.54, 1.807) is 0 Å². The minimum atomic E-state index is 0.632. The standard InChI is InChI=1S/C42H30N6/c1-5-13-31(14-6-1)37-43-38(32-15-7-2-8-16-32)46-41(45-37)35-25-21-29(22-26-35)30-23-27-36(28-24-30)42-47-39(33-17-9-3-10-18-33)44-40(48-42)34-19-11-4-12-20-34/h1-3,5-11,13-28H,4,12H2. The van der Waals surface area contributed by atoms with Crippen molar-refractivity contribution in [1.29, 1.82) is 0 Å². The molecule has 6 heteroatoms. The van der Waals surface area contributed by atoms with Crippen LogP contribution in [-0.4, -0.2) is 29.9 Å². The van der Waals surface area contributed by atoms with E-state index < -0.39 is 0 Å². The molecular weight excluding hydrogens is 589 g/mol. The Morgan fingerprint density at radius 3 is 0.938 bits per heavy atom. The molecular formula is C42H30N6. The van der Waals surface area contributed by atoms with E-state index in [0.29, 0.717) is 34.9 Å². The van der Waals surface area contributed by atoms with Gasteiger partial charge in [-0.3, -0.25) is 0 Å². The van der Waals surface area contributed by atoms with E-state index in [0.717, 1.165) is 57.4 Å². The Kier molecular flexibility index (Phi) is 7.95. The molecule has 48 heavy (non-hydrogen) atoms. The van der Waals surface area contributed by atoms with Gasteiger partial charge in [0.15, 0.2) is 34.9 Å². The van der Waals surface area contributed by atoms with Crippen molar-refractivity contribution in [2.75, 3.05) is 0 Å². The van der Waals surface area contributed by atoms with Crippen molar-refractivity contribution < 1.29 is 0 Å². The summed E-state index contributed by atoms with van der Waals surface area (Å²) in [7, 11) is 0. The van der Waals surface area contributed by atoms with Crippen molar-refractivity contribution in [1.82, 2.24) is 29.9 Å². The summed E-state index contributed by atoms with van der Waals surface area (Å²) in [6.07, 6.45) is 8.49. The fraction of sp³-hybridized carbons (Fsp3) is 0.0476. The van der Waals surface area contributed by atoms with E-state index in [1.807, 2.05) is 91.0 Å². The second-order valence-corrected chi connectivity index (χ2v) is 11.5. The van der Waals surface area contributed by atoms with Crippen LogP contribution in [0.25, 0.3) is 73.6 Å². The number of aromatic nitrogens is 6. The maximum atomic E-state index is 4.90. The molecule has 2 heterocycles. The largest absolute Gasteiger partial charge is 0.208 e. The number of nitrogens with zero attached hydrogens (tertiary/aromatic N) is 6. The molecule has 0 aliphatic heterocycles. The van der Waals surface area contributed by atoms with E-state index in [-0.39, 0.29) is 0 Å². The van der Waals surface area contributed by atoms with Gasteiger partial charge in [0.1, 0.15) is 0 Å². The van der Waals surface area contributed by atoms with Crippen molar-refractivity contribution in [2.24, 2.45) is 0 Å². The van der Waals surface area contributed by atoms with Gasteiger partial charge >= 0.3 is 0 Å². The summed E-state index contributed by atoms with van der Waals surface area (Å²) in [6, 6.07) is 46.8. The van der Waals surface area contributed by atoms with Gasteiger partial charge in [-0.2, -0.15) is 0 Å². The fourth-order valence-corrected chi connectivity index (χ4v) is 5.69. The summed E-state index contributed by atoms with van der Waals surface area (Å²) in [6.45, 7) is 0. The zero-order chi connectivity index (χ0) is 32.1. The molecule has 0 amide bonds. The second-order valence-electron chi connectivity index (χ2n) is 11.5. The van der Waals surface area contributed by atoms with Crippen LogP contribution in [0.15, 0.2) is 158 Å². The quantitative estimate of drug-likeness (QED) is 0.177. The predicted molar refractivity (Wildman–Crippen MR) is 192 cm³/mol. The molecule has 0 N–H and O–H groups in total. The molecule has 0 saturated carbocycles. The lowest BCUT2D eigenvalue weighted by Crippen LogP contribution is -2.03. The molecule has 0 bridgehead atoms. The molecule has 0 radical (unpaired) electrons. The Morgan fingerprint density at radius 2 is 0.604 bits per heavy atom. The third-order valence-electron chi connectivity index (χ3n) is 8.24. The summed E-state index contributed by atoms with van der Waals surface area (Å²) in [4.78, 5) is 29.2. The first-order valence-electron chi connectivity index (χ1n) is 16.0. The topological polar surface area (TPSA) is 77.3 Å². The Balaban J connectivity index is 1.11. The van der Waals surface area contributed by atoms with Crippen molar-refractivity contribution in [3.8, 4) is 68.1 Å². The summed E-state index contributed by atoms with van der Waals surface area (Å²) >= 11 is 0. The Bertz CT molecular complexity index is 2190. The fourth-order valence-electron chi connectivity index (χ4n) is 5.69. The third kappa shape index (κ3) is 6.19. The Morgan fingerprint density at radius 1 is 0.292 bits per heavy atom. The van der Waals surface area contributed by atoms with Gasteiger partial charge in [0.05, 0.1) is 0 Å². The number of hydrogen-bond acceptors (Lipinski definition) is 6. The van der Waals surface area contributed by atoms with Crippen LogP contribution in [0.1, 0.15) is 18.7 Å². The molecule has 0 unspecified atom stereocenters. The maximum absolute atomic E-state index is 4.90. The van der Waals surface area contributed by atoms with Gasteiger partial charge in [0.25, 0.3) is 0 Å². The SMILES string of the molecule is C1=CC(c2nc(-c3ccccc3)nc(-c3ccc(-c4ccc(-c5nc(-c6ccccc6)nc(-c6ccccc6)n5)cc4)cc3)n2)=CCC1. The Labute approximate surface area is 279 Å². The van der Waals surface area contributed by atoms with Crippen molar-refractivity contribution in [2.45, 2.75) is 12.8 Å². The number of allylic oxidation sites excluding steroid dienone is 4. The summed E-state index contributed by atoms with van der Waals surface area (Å²) in [5, 5.41) is 0. The van der Waals surface area contributed by atoms with Gasteiger partial charge in [-0.25, -0.2) is 29.9 Å².